The predicted molar refractivity (Wildman–Crippen MR) is 46.7 cm³/mol. The summed E-state index contributed by atoms with van der Waals surface area (Å²) in [4.78, 5) is 2.38. The fourth-order valence-corrected chi connectivity index (χ4v) is 1.49. The molecule has 1 atom stereocenters. The zero-order valence-corrected chi connectivity index (χ0v) is 7.42. The quantitative estimate of drug-likeness (QED) is 0.569. The van der Waals surface area contributed by atoms with E-state index in [0.717, 1.165) is 6.61 Å². The second-order valence-electron chi connectivity index (χ2n) is 3.07. The third kappa shape index (κ3) is 2.64. The molecule has 0 aromatic heterocycles. The van der Waals surface area contributed by atoms with Crippen molar-refractivity contribution in [1.29, 1.82) is 0 Å². The van der Waals surface area contributed by atoms with Gasteiger partial charge in [-0.05, 0) is 26.4 Å². The van der Waals surface area contributed by atoms with Gasteiger partial charge < -0.3 is 4.74 Å². The summed E-state index contributed by atoms with van der Waals surface area (Å²) in [5.74, 6) is 0. The molecule has 0 radical (unpaired) electrons. The first kappa shape index (κ1) is 8.75. The average Bonchev–Trinajstić information content (AvgIpc) is 2.37. The van der Waals surface area contributed by atoms with E-state index in [1.807, 2.05) is 0 Å². The number of rotatable bonds is 3. The number of hydrogen-bond donors (Lipinski definition) is 0. The lowest BCUT2D eigenvalue weighted by molar-refractivity contribution is 0.232. The molecule has 0 saturated carbocycles. The Bertz CT molecular complexity index is 134. The minimum Gasteiger partial charge on any atom is -0.381 e. The Hall–Kier alpha value is -0.340. The molecule has 1 rings (SSSR count). The summed E-state index contributed by atoms with van der Waals surface area (Å²) in [5.41, 5.74) is 0. The van der Waals surface area contributed by atoms with Gasteiger partial charge >= 0.3 is 0 Å². The van der Waals surface area contributed by atoms with Crippen molar-refractivity contribution in [3.8, 4) is 0 Å². The van der Waals surface area contributed by atoms with E-state index in [0.29, 0.717) is 6.04 Å². The van der Waals surface area contributed by atoms with Crippen LogP contribution in [0.1, 0.15) is 12.8 Å². The summed E-state index contributed by atoms with van der Waals surface area (Å²) >= 11 is 0. The first-order valence-electron chi connectivity index (χ1n) is 4.20. The van der Waals surface area contributed by atoms with E-state index in [9.17, 15) is 0 Å². The Morgan fingerprint density at radius 3 is 3.00 bits per heavy atom. The summed E-state index contributed by atoms with van der Waals surface area (Å²) in [6, 6.07) is 0.658. The topological polar surface area (TPSA) is 12.5 Å². The van der Waals surface area contributed by atoms with Gasteiger partial charge in [-0.15, -0.1) is 0 Å². The molecule has 11 heavy (non-hydrogen) atoms. The third-order valence-corrected chi connectivity index (χ3v) is 2.20. The molecule has 1 fully saturated rings. The summed E-state index contributed by atoms with van der Waals surface area (Å²) in [6.45, 7) is 1.98. The Labute approximate surface area is 68.8 Å². The van der Waals surface area contributed by atoms with Crippen molar-refractivity contribution in [2.24, 2.45) is 0 Å². The predicted octanol–water partition coefficient (Wildman–Crippen LogP) is 1.28. The van der Waals surface area contributed by atoms with E-state index in [-0.39, 0.29) is 0 Å². The molecule has 1 heterocycles. The van der Waals surface area contributed by atoms with Crippen LogP contribution in [-0.4, -0.2) is 38.3 Å². The minimum absolute atomic E-state index is 0.658. The van der Waals surface area contributed by atoms with E-state index in [1.165, 1.54) is 19.4 Å². The second-order valence-corrected chi connectivity index (χ2v) is 3.07. The maximum Gasteiger partial charge on any atom is 0.0644 e. The van der Waals surface area contributed by atoms with Crippen molar-refractivity contribution in [2.75, 3.05) is 27.3 Å². The highest BCUT2D eigenvalue weighted by Crippen LogP contribution is 2.15. The molecule has 1 aliphatic heterocycles. The second kappa shape index (κ2) is 4.52. The molecule has 0 aliphatic carbocycles. The summed E-state index contributed by atoms with van der Waals surface area (Å²) < 4.78 is 4.93. The lowest BCUT2D eigenvalue weighted by atomic mass is 10.2. The standard InChI is InChI=1S/C9H17NO/c1-10-7-3-5-9(10)6-4-8-11-2/h4,6,9H,3,5,7-8H2,1-2H3/b6-4+. The molecule has 1 unspecified atom stereocenters. The highest BCUT2D eigenvalue weighted by molar-refractivity contribution is 4.96. The van der Waals surface area contributed by atoms with E-state index in [1.54, 1.807) is 7.11 Å². The Kier molecular flexibility index (Phi) is 3.60. The lowest BCUT2D eigenvalue weighted by Crippen LogP contribution is -2.22. The van der Waals surface area contributed by atoms with Gasteiger partial charge in [0.05, 0.1) is 6.61 Å². The normalized spacial score (nSPS) is 26.9. The van der Waals surface area contributed by atoms with Crippen LogP contribution < -0.4 is 0 Å². The summed E-state index contributed by atoms with van der Waals surface area (Å²) in [5, 5.41) is 0. The van der Waals surface area contributed by atoms with E-state index >= 15 is 0 Å². The Morgan fingerprint density at radius 1 is 1.64 bits per heavy atom. The highest BCUT2D eigenvalue weighted by atomic mass is 16.5. The van der Waals surface area contributed by atoms with E-state index < -0.39 is 0 Å². The molecule has 0 aromatic carbocycles. The van der Waals surface area contributed by atoms with Gasteiger partial charge in [-0.25, -0.2) is 0 Å². The Balaban J connectivity index is 2.24. The maximum atomic E-state index is 4.93. The van der Waals surface area contributed by atoms with Crippen LogP contribution in [0.15, 0.2) is 12.2 Å². The number of nitrogens with zero attached hydrogens (tertiary/aromatic N) is 1. The van der Waals surface area contributed by atoms with Gasteiger partial charge in [-0.2, -0.15) is 0 Å². The minimum atomic E-state index is 0.658. The molecule has 0 spiro atoms. The summed E-state index contributed by atoms with van der Waals surface area (Å²) in [6.07, 6.45) is 6.98. The molecule has 1 saturated heterocycles. The van der Waals surface area contributed by atoms with Gasteiger partial charge in [-0.3, -0.25) is 4.90 Å². The van der Waals surface area contributed by atoms with Gasteiger partial charge in [0.1, 0.15) is 0 Å². The van der Waals surface area contributed by atoms with Crippen LogP contribution in [0.2, 0.25) is 0 Å². The van der Waals surface area contributed by atoms with Crippen molar-refractivity contribution < 1.29 is 4.74 Å². The maximum absolute atomic E-state index is 4.93. The van der Waals surface area contributed by atoms with Crippen LogP contribution >= 0.6 is 0 Å². The first-order valence-corrected chi connectivity index (χ1v) is 4.20. The van der Waals surface area contributed by atoms with Gasteiger partial charge in [-0.1, -0.05) is 12.2 Å². The lowest BCUT2D eigenvalue weighted by Gasteiger charge is -2.14. The summed E-state index contributed by atoms with van der Waals surface area (Å²) in [7, 11) is 3.90. The van der Waals surface area contributed by atoms with Crippen molar-refractivity contribution >= 4 is 0 Å². The molecule has 0 aromatic rings. The molecule has 2 heteroatoms. The Morgan fingerprint density at radius 2 is 2.45 bits per heavy atom. The molecule has 2 nitrogen and oxygen atoms in total. The van der Waals surface area contributed by atoms with Gasteiger partial charge in [0.25, 0.3) is 0 Å². The number of methoxy groups -OCH3 is 1. The molecule has 1 aliphatic rings. The van der Waals surface area contributed by atoms with Crippen LogP contribution in [0.4, 0.5) is 0 Å². The van der Waals surface area contributed by atoms with Crippen LogP contribution in [-0.2, 0) is 4.74 Å². The molecule has 64 valence electrons. The van der Waals surface area contributed by atoms with Crippen molar-refractivity contribution in [2.45, 2.75) is 18.9 Å². The van der Waals surface area contributed by atoms with Crippen LogP contribution in [0.5, 0.6) is 0 Å². The average molecular weight is 155 g/mol. The monoisotopic (exact) mass is 155 g/mol. The van der Waals surface area contributed by atoms with Gasteiger partial charge in [0.2, 0.25) is 0 Å². The number of hydrogen-bond acceptors (Lipinski definition) is 2. The number of likely N-dealkylation sites (tertiary alicyclic amines) is 1. The fraction of sp³-hybridized carbons (Fsp3) is 0.778. The largest absolute Gasteiger partial charge is 0.381 e. The number of likely N-dealkylation sites (N-methyl/N-ethyl adjacent to an activating group) is 1. The zero-order chi connectivity index (χ0) is 8.10. The molecule has 0 N–H and O–H groups in total. The zero-order valence-electron chi connectivity index (χ0n) is 7.42. The van der Waals surface area contributed by atoms with Gasteiger partial charge in [0.15, 0.2) is 0 Å². The van der Waals surface area contributed by atoms with Crippen LogP contribution in [0, 0.1) is 0 Å². The smallest absolute Gasteiger partial charge is 0.0644 e. The SMILES string of the molecule is COC/C=C/C1CCCN1C. The van der Waals surface area contributed by atoms with Crippen molar-refractivity contribution in [1.82, 2.24) is 4.90 Å². The first-order chi connectivity index (χ1) is 5.34. The fourth-order valence-electron chi connectivity index (χ4n) is 1.49. The van der Waals surface area contributed by atoms with Gasteiger partial charge in [0, 0.05) is 13.2 Å². The van der Waals surface area contributed by atoms with E-state index in [4.69, 9.17) is 4.74 Å². The van der Waals surface area contributed by atoms with Crippen molar-refractivity contribution in [3.05, 3.63) is 12.2 Å². The van der Waals surface area contributed by atoms with Crippen LogP contribution in [0.25, 0.3) is 0 Å². The van der Waals surface area contributed by atoms with Crippen LogP contribution in [0.3, 0.4) is 0 Å². The molecular formula is C9H17NO. The molecular weight excluding hydrogens is 138 g/mol. The number of ether oxygens (including phenoxy) is 1. The molecule has 0 bridgehead atoms. The van der Waals surface area contributed by atoms with Crippen molar-refractivity contribution in [3.63, 3.8) is 0 Å². The highest BCUT2D eigenvalue weighted by Gasteiger charge is 2.16. The molecule has 0 amide bonds. The van der Waals surface area contributed by atoms with E-state index in [2.05, 4.69) is 24.1 Å². The third-order valence-electron chi connectivity index (χ3n) is 2.20.